The number of aliphatic imine (C=N–C) groups is 1. The summed E-state index contributed by atoms with van der Waals surface area (Å²) < 4.78 is 0. The van der Waals surface area contributed by atoms with Gasteiger partial charge in [0.25, 0.3) is 5.69 Å². The minimum Gasteiger partial charge on any atom is -0.296 e. The van der Waals surface area contributed by atoms with Crippen molar-refractivity contribution in [2.45, 2.75) is 26.7 Å². The van der Waals surface area contributed by atoms with E-state index in [0.717, 1.165) is 35.8 Å². The zero-order valence-corrected chi connectivity index (χ0v) is 13.8. The first-order valence-electron chi connectivity index (χ1n) is 7.20. The van der Waals surface area contributed by atoms with Gasteiger partial charge in [-0.05, 0) is 13.3 Å². The third-order valence-electron chi connectivity index (χ3n) is 3.33. The van der Waals surface area contributed by atoms with Gasteiger partial charge in [-0.2, -0.15) is 0 Å². The maximum absolute atomic E-state index is 11.1. The van der Waals surface area contributed by atoms with Crippen LogP contribution >= 0.6 is 11.8 Å². The molecule has 0 fully saturated rings. The number of hydrazine groups is 1. The molecule has 0 unspecified atom stereocenters. The van der Waals surface area contributed by atoms with Crippen molar-refractivity contribution < 1.29 is 4.92 Å². The molecule has 0 radical (unpaired) electrons. The van der Waals surface area contributed by atoms with Crippen molar-refractivity contribution in [3.8, 4) is 0 Å². The second kappa shape index (κ2) is 7.31. The summed E-state index contributed by atoms with van der Waals surface area (Å²) in [6.45, 7) is 4.69. The predicted octanol–water partition coefficient (Wildman–Crippen LogP) is 3.54. The van der Waals surface area contributed by atoms with Gasteiger partial charge >= 0.3 is 0 Å². The van der Waals surface area contributed by atoms with Gasteiger partial charge in [0.1, 0.15) is 0 Å². The fourth-order valence-corrected chi connectivity index (χ4v) is 2.81. The van der Waals surface area contributed by atoms with Crippen LogP contribution in [-0.4, -0.2) is 28.7 Å². The summed E-state index contributed by atoms with van der Waals surface area (Å²) in [4.78, 5) is 15.2. The van der Waals surface area contributed by atoms with Gasteiger partial charge in [-0.1, -0.05) is 37.2 Å². The Bertz CT molecular complexity index is 628. The molecule has 118 valence electrons. The van der Waals surface area contributed by atoms with Crippen molar-refractivity contribution in [2.24, 2.45) is 4.99 Å². The maximum atomic E-state index is 11.1. The van der Waals surface area contributed by atoms with Crippen molar-refractivity contribution in [3.63, 3.8) is 0 Å². The first kappa shape index (κ1) is 16.4. The SMILES string of the molecule is CCCCN=C1SC=C(c2ccc(C)c([N+](=O)[O-])c2)NN1C. The number of aryl methyl sites for hydroxylation is 1. The van der Waals surface area contributed by atoms with E-state index in [1.165, 1.54) is 11.8 Å². The summed E-state index contributed by atoms with van der Waals surface area (Å²) in [6, 6.07) is 5.25. The lowest BCUT2D eigenvalue weighted by Gasteiger charge is -2.28. The van der Waals surface area contributed by atoms with Gasteiger partial charge in [0.15, 0.2) is 5.17 Å². The van der Waals surface area contributed by atoms with E-state index in [0.29, 0.717) is 5.56 Å². The number of hydrogen-bond acceptors (Lipinski definition) is 5. The third kappa shape index (κ3) is 3.79. The average molecular weight is 320 g/mol. The van der Waals surface area contributed by atoms with Crippen LogP contribution in [0.1, 0.15) is 30.9 Å². The van der Waals surface area contributed by atoms with Crippen LogP contribution in [0.2, 0.25) is 0 Å². The summed E-state index contributed by atoms with van der Waals surface area (Å²) in [6.07, 6.45) is 2.19. The molecule has 1 N–H and O–H groups in total. The van der Waals surface area contributed by atoms with Crippen LogP contribution in [0.4, 0.5) is 5.69 Å². The number of amidine groups is 1. The molecule has 0 saturated carbocycles. The minimum atomic E-state index is -0.350. The molecule has 1 aliphatic rings. The molecule has 1 aliphatic heterocycles. The Balaban J connectivity index is 2.19. The molecule has 0 atom stereocenters. The van der Waals surface area contributed by atoms with Crippen molar-refractivity contribution in [1.29, 1.82) is 0 Å². The number of nitro benzene ring substituents is 1. The van der Waals surface area contributed by atoms with E-state index < -0.39 is 0 Å². The highest BCUT2D eigenvalue weighted by Crippen LogP contribution is 2.27. The van der Waals surface area contributed by atoms with Gasteiger partial charge in [0, 0.05) is 36.2 Å². The summed E-state index contributed by atoms with van der Waals surface area (Å²) in [7, 11) is 1.90. The van der Waals surface area contributed by atoms with E-state index in [2.05, 4.69) is 17.3 Å². The average Bonchev–Trinajstić information content (AvgIpc) is 2.49. The fourth-order valence-electron chi connectivity index (χ4n) is 2.03. The molecule has 0 spiro atoms. The van der Waals surface area contributed by atoms with Gasteiger partial charge in [-0.15, -0.1) is 0 Å². The predicted molar refractivity (Wildman–Crippen MR) is 91.5 cm³/mol. The van der Waals surface area contributed by atoms with Crippen LogP contribution in [0, 0.1) is 17.0 Å². The van der Waals surface area contributed by atoms with E-state index in [9.17, 15) is 10.1 Å². The standard InChI is InChI=1S/C15H20N4O2S/c1-4-5-8-16-15-18(3)17-13(10-22-15)12-7-6-11(2)14(9-12)19(20)21/h6-7,9-10,17H,4-5,8H2,1-3H3. The number of thioether (sulfide) groups is 1. The van der Waals surface area contributed by atoms with Gasteiger partial charge in [-0.3, -0.25) is 25.5 Å². The van der Waals surface area contributed by atoms with E-state index in [1.54, 1.807) is 19.1 Å². The highest BCUT2D eigenvalue weighted by Gasteiger charge is 2.18. The molecule has 0 saturated heterocycles. The van der Waals surface area contributed by atoms with Crippen LogP contribution in [0.15, 0.2) is 28.6 Å². The summed E-state index contributed by atoms with van der Waals surface area (Å²) in [5.74, 6) is 0. The zero-order chi connectivity index (χ0) is 16.1. The Morgan fingerprint density at radius 2 is 2.23 bits per heavy atom. The third-order valence-corrected chi connectivity index (χ3v) is 4.30. The normalized spacial score (nSPS) is 16.4. The topological polar surface area (TPSA) is 70.8 Å². The Kier molecular flexibility index (Phi) is 5.43. The number of hydrogen-bond donors (Lipinski definition) is 1. The number of nitrogens with zero attached hydrogens (tertiary/aromatic N) is 3. The van der Waals surface area contributed by atoms with E-state index in [1.807, 2.05) is 23.5 Å². The summed E-state index contributed by atoms with van der Waals surface area (Å²) in [5, 5.41) is 15.7. The minimum absolute atomic E-state index is 0.135. The molecule has 0 aromatic heterocycles. The Hall–Kier alpha value is -2.02. The van der Waals surface area contributed by atoms with Crippen molar-refractivity contribution in [3.05, 3.63) is 44.8 Å². The molecular weight excluding hydrogens is 300 g/mol. The van der Waals surface area contributed by atoms with Gasteiger partial charge < -0.3 is 0 Å². The van der Waals surface area contributed by atoms with Crippen LogP contribution in [0.3, 0.4) is 0 Å². The molecule has 1 heterocycles. The summed E-state index contributed by atoms with van der Waals surface area (Å²) >= 11 is 1.52. The monoisotopic (exact) mass is 320 g/mol. The fraction of sp³-hybridized carbons (Fsp3) is 0.400. The highest BCUT2D eigenvalue weighted by molar-refractivity contribution is 8.16. The first-order chi connectivity index (χ1) is 10.5. The van der Waals surface area contributed by atoms with Gasteiger partial charge in [0.2, 0.25) is 0 Å². The van der Waals surface area contributed by atoms with Gasteiger partial charge in [-0.25, -0.2) is 0 Å². The molecule has 1 aromatic carbocycles. The number of benzene rings is 1. The number of rotatable bonds is 5. The second-order valence-corrected chi connectivity index (χ2v) is 5.93. The van der Waals surface area contributed by atoms with E-state index in [4.69, 9.17) is 0 Å². The lowest BCUT2D eigenvalue weighted by molar-refractivity contribution is -0.385. The lowest BCUT2D eigenvalue weighted by Crippen LogP contribution is -2.39. The van der Waals surface area contributed by atoms with Crippen LogP contribution < -0.4 is 5.43 Å². The molecule has 0 amide bonds. The van der Waals surface area contributed by atoms with Crippen molar-refractivity contribution >= 4 is 28.3 Å². The number of unbranched alkanes of at least 4 members (excludes halogenated alkanes) is 1. The van der Waals surface area contributed by atoms with Crippen molar-refractivity contribution in [1.82, 2.24) is 10.4 Å². The molecule has 22 heavy (non-hydrogen) atoms. The summed E-state index contributed by atoms with van der Waals surface area (Å²) in [5.41, 5.74) is 5.64. The lowest BCUT2D eigenvalue weighted by atomic mass is 10.1. The molecule has 2 rings (SSSR count). The van der Waals surface area contributed by atoms with E-state index >= 15 is 0 Å². The van der Waals surface area contributed by atoms with Crippen LogP contribution in [-0.2, 0) is 0 Å². The molecule has 7 heteroatoms. The Morgan fingerprint density at radius 3 is 2.86 bits per heavy atom. The molecule has 0 bridgehead atoms. The molecule has 1 aromatic rings. The van der Waals surface area contributed by atoms with Crippen molar-refractivity contribution in [2.75, 3.05) is 13.6 Å². The molecule has 6 nitrogen and oxygen atoms in total. The maximum Gasteiger partial charge on any atom is 0.272 e. The highest BCUT2D eigenvalue weighted by atomic mass is 32.2. The number of nitro groups is 1. The zero-order valence-electron chi connectivity index (χ0n) is 13.0. The molecule has 0 aliphatic carbocycles. The second-order valence-electron chi connectivity index (χ2n) is 5.10. The van der Waals surface area contributed by atoms with Gasteiger partial charge in [0.05, 0.1) is 10.6 Å². The Labute approximate surface area is 134 Å². The first-order valence-corrected chi connectivity index (χ1v) is 8.08. The van der Waals surface area contributed by atoms with Crippen LogP contribution in [0.5, 0.6) is 0 Å². The number of nitrogens with one attached hydrogen (secondary N) is 1. The Morgan fingerprint density at radius 1 is 1.45 bits per heavy atom. The molecular formula is C15H20N4O2S. The smallest absolute Gasteiger partial charge is 0.272 e. The quantitative estimate of drug-likeness (QED) is 0.510. The largest absolute Gasteiger partial charge is 0.296 e. The van der Waals surface area contributed by atoms with Crippen LogP contribution in [0.25, 0.3) is 5.70 Å². The van der Waals surface area contributed by atoms with E-state index in [-0.39, 0.29) is 10.6 Å².